The molecule has 3 heterocycles. The maximum Gasteiger partial charge on any atom is 0.263 e. The zero-order chi connectivity index (χ0) is 20.4. The number of carbonyl (C=O) groups excluding carboxylic acids is 2. The van der Waals surface area contributed by atoms with Gasteiger partial charge in [0.2, 0.25) is 0 Å². The van der Waals surface area contributed by atoms with Crippen LogP contribution in [-0.4, -0.2) is 28.2 Å². The highest BCUT2D eigenvalue weighted by Crippen LogP contribution is 2.29. The lowest BCUT2D eigenvalue weighted by Gasteiger charge is -2.06. The van der Waals surface area contributed by atoms with Gasteiger partial charge in [-0.05, 0) is 23.8 Å². The molecule has 0 spiro atoms. The highest BCUT2D eigenvalue weighted by Gasteiger charge is 2.23. The van der Waals surface area contributed by atoms with Gasteiger partial charge >= 0.3 is 0 Å². The average molecular weight is 425 g/mol. The topological polar surface area (TPSA) is 93.5 Å². The third-order valence-corrected chi connectivity index (χ3v) is 5.38. The van der Waals surface area contributed by atoms with Crippen molar-refractivity contribution in [3.63, 3.8) is 0 Å². The zero-order valence-electron chi connectivity index (χ0n) is 15.2. The number of nitrogens with one attached hydrogen (secondary N) is 2. The van der Waals surface area contributed by atoms with E-state index < -0.39 is 0 Å². The fourth-order valence-electron chi connectivity index (χ4n) is 2.79. The third kappa shape index (κ3) is 4.15. The lowest BCUT2D eigenvalue weighted by Crippen LogP contribution is -2.23. The Labute approximate surface area is 175 Å². The molecule has 1 aromatic carbocycles. The Morgan fingerprint density at radius 3 is 2.83 bits per heavy atom. The molecule has 0 atom stereocenters. The molecular weight excluding hydrogens is 410 g/mol. The molecule has 3 aromatic rings. The maximum atomic E-state index is 12.7. The van der Waals surface area contributed by atoms with Crippen molar-refractivity contribution in [3.05, 3.63) is 64.5 Å². The summed E-state index contributed by atoms with van der Waals surface area (Å²) >= 11 is 6.15. The molecule has 9 heteroatoms. The number of nitrogens with zero attached hydrogens (tertiary/aromatic N) is 1. The van der Waals surface area contributed by atoms with Crippen molar-refractivity contribution < 1.29 is 18.7 Å². The van der Waals surface area contributed by atoms with Crippen LogP contribution in [0.5, 0.6) is 5.75 Å². The molecule has 1 saturated heterocycles. The molecule has 1 aliphatic rings. The highest BCUT2D eigenvalue weighted by molar-refractivity contribution is 8.26. The van der Waals surface area contributed by atoms with Crippen molar-refractivity contribution in [1.82, 2.24) is 15.6 Å². The smallest absolute Gasteiger partial charge is 0.263 e. The van der Waals surface area contributed by atoms with Crippen LogP contribution in [0.25, 0.3) is 17.0 Å². The van der Waals surface area contributed by atoms with Crippen LogP contribution in [-0.2, 0) is 11.3 Å². The number of amides is 2. The Morgan fingerprint density at radius 1 is 1.34 bits per heavy atom. The number of carbonyl (C=O) groups is 2. The van der Waals surface area contributed by atoms with Gasteiger partial charge in [-0.2, -0.15) is 0 Å². The largest absolute Gasteiger partial charge is 0.497 e. The van der Waals surface area contributed by atoms with Gasteiger partial charge in [-0.25, -0.2) is 0 Å². The monoisotopic (exact) mass is 425 g/mol. The number of fused-ring (bicyclic) bond motifs is 1. The number of thioether (sulfide) groups is 1. The molecule has 0 radical (unpaired) electrons. The fourth-order valence-corrected chi connectivity index (χ4v) is 3.81. The number of aromatic nitrogens is 1. The number of pyridine rings is 1. The van der Waals surface area contributed by atoms with Gasteiger partial charge in [0.15, 0.2) is 5.58 Å². The molecule has 0 saturated carbocycles. The second-order valence-electron chi connectivity index (χ2n) is 6.14. The Kier molecular flexibility index (Phi) is 5.32. The van der Waals surface area contributed by atoms with E-state index in [0.717, 1.165) is 11.3 Å². The highest BCUT2D eigenvalue weighted by atomic mass is 32.2. The van der Waals surface area contributed by atoms with E-state index in [-0.39, 0.29) is 11.8 Å². The van der Waals surface area contributed by atoms with Crippen LogP contribution in [0, 0.1) is 0 Å². The van der Waals surface area contributed by atoms with Crippen molar-refractivity contribution in [3.8, 4) is 5.75 Å². The van der Waals surface area contributed by atoms with Crippen LogP contribution >= 0.6 is 24.0 Å². The van der Waals surface area contributed by atoms with Gasteiger partial charge in [0.05, 0.1) is 12.0 Å². The van der Waals surface area contributed by atoms with Gasteiger partial charge in [-0.1, -0.05) is 36.1 Å². The maximum absolute atomic E-state index is 12.7. The van der Waals surface area contributed by atoms with Gasteiger partial charge in [0.25, 0.3) is 11.8 Å². The quantitative estimate of drug-likeness (QED) is 0.479. The molecule has 146 valence electrons. The van der Waals surface area contributed by atoms with E-state index in [1.165, 1.54) is 18.0 Å². The van der Waals surface area contributed by atoms with Gasteiger partial charge < -0.3 is 19.8 Å². The van der Waals surface area contributed by atoms with Crippen LogP contribution in [0.3, 0.4) is 0 Å². The molecule has 2 aromatic heterocycles. The molecule has 1 aliphatic heterocycles. The number of methoxy groups -OCH3 is 1. The first kappa shape index (κ1) is 19.2. The summed E-state index contributed by atoms with van der Waals surface area (Å²) in [5, 5.41) is 6.08. The van der Waals surface area contributed by atoms with E-state index >= 15 is 0 Å². The summed E-state index contributed by atoms with van der Waals surface area (Å²) in [6, 6.07) is 9.15. The number of rotatable bonds is 5. The van der Waals surface area contributed by atoms with Crippen molar-refractivity contribution in [2.45, 2.75) is 6.54 Å². The number of hydrogen-bond acceptors (Lipinski definition) is 7. The summed E-state index contributed by atoms with van der Waals surface area (Å²) in [6.07, 6.45) is 4.66. The number of ether oxygens (including phenoxy) is 1. The van der Waals surface area contributed by atoms with E-state index in [4.69, 9.17) is 21.4 Å². The third-order valence-electron chi connectivity index (χ3n) is 4.21. The second-order valence-corrected chi connectivity index (χ2v) is 7.86. The molecule has 2 amide bonds. The molecular formula is C20H15N3O4S2. The van der Waals surface area contributed by atoms with E-state index in [9.17, 15) is 9.59 Å². The summed E-state index contributed by atoms with van der Waals surface area (Å²) < 4.78 is 11.3. The second kappa shape index (κ2) is 8.06. The standard InChI is InChI=1S/C20H15N3O4S2/c1-26-13-4-2-11(3-5-13)8-22-18(24)15-10-21-9-12-6-14(27-17(12)15)7-16-19(25)23-20(28)29-16/h2-7,9-10H,8H2,1H3,(H,22,24)(H,23,25,28)/b16-7+. The minimum atomic E-state index is -0.304. The van der Waals surface area contributed by atoms with Gasteiger partial charge in [-0.15, -0.1) is 0 Å². The molecule has 0 unspecified atom stereocenters. The molecule has 7 nitrogen and oxygen atoms in total. The van der Waals surface area contributed by atoms with E-state index in [1.54, 1.807) is 25.4 Å². The lowest BCUT2D eigenvalue weighted by atomic mass is 10.2. The summed E-state index contributed by atoms with van der Waals surface area (Å²) in [5.74, 6) is 0.623. The van der Waals surface area contributed by atoms with Gasteiger partial charge in [-0.3, -0.25) is 14.6 Å². The molecule has 2 N–H and O–H groups in total. The van der Waals surface area contributed by atoms with Crippen LogP contribution in [0.4, 0.5) is 0 Å². The SMILES string of the molecule is COc1ccc(CNC(=O)c2cncc3cc(/C=C4/SC(=S)NC4=O)oc23)cc1. The minimum absolute atomic E-state index is 0.268. The van der Waals surface area contributed by atoms with Crippen molar-refractivity contribution >= 4 is 57.2 Å². The fraction of sp³-hybridized carbons (Fsp3) is 0.100. The Hall–Kier alpha value is -3.17. The Morgan fingerprint density at radius 2 is 2.14 bits per heavy atom. The Bertz CT molecular complexity index is 1150. The summed E-state index contributed by atoms with van der Waals surface area (Å²) in [5.41, 5.74) is 1.66. The first-order chi connectivity index (χ1) is 14.0. The number of benzene rings is 1. The van der Waals surface area contributed by atoms with Crippen molar-refractivity contribution in [2.75, 3.05) is 7.11 Å². The van der Waals surface area contributed by atoms with Crippen molar-refractivity contribution in [2.24, 2.45) is 0 Å². The van der Waals surface area contributed by atoms with E-state index in [2.05, 4.69) is 15.6 Å². The number of thiocarbonyl (C=S) groups is 1. The van der Waals surface area contributed by atoms with Crippen LogP contribution in [0.15, 0.2) is 52.0 Å². The molecule has 4 rings (SSSR count). The minimum Gasteiger partial charge on any atom is -0.497 e. The normalized spacial score (nSPS) is 15.0. The van der Waals surface area contributed by atoms with E-state index in [1.807, 2.05) is 24.3 Å². The molecule has 0 aliphatic carbocycles. The number of furan rings is 1. The predicted octanol–water partition coefficient (Wildman–Crippen LogP) is 3.26. The molecule has 29 heavy (non-hydrogen) atoms. The summed E-state index contributed by atoms with van der Waals surface area (Å²) in [7, 11) is 1.60. The summed E-state index contributed by atoms with van der Waals surface area (Å²) in [6.45, 7) is 0.352. The first-order valence-corrected chi connectivity index (χ1v) is 9.79. The van der Waals surface area contributed by atoms with E-state index in [0.29, 0.717) is 38.1 Å². The predicted molar refractivity (Wildman–Crippen MR) is 114 cm³/mol. The van der Waals surface area contributed by atoms with Crippen LogP contribution in [0.1, 0.15) is 21.7 Å². The molecule has 1 fully saturated rings. The lowest BCUT2D eigenvalue weighted by molar-refractivity contribution is -0.115. The van der Waals surface area contributed by atoms with Gasteiger partial charge in [0.1, 0.15) is 21.4 Å². The van der Waals surface area contributed by atoms with Crippen LogP contribution < -0.4 is 15.4 Å². The average Bonchev–Trinajstić information content (AvgIpc) is 3.28. The van der Waals surface area contributed by atoms with Crippen LogP contribution in [0.2, 0.25) is 0 Å². The number of hydrogen-bond donors (Lipinski definition) is 2. The summed E-state index contributed by atoms with van der Waals surface area (Å²) in [4.78, 5) is 29.1. The van der Waals surface area contributed by atoms with Gasteiger partial charge in [0, 0.05) is 30.4 Å². The Balaban J connectivity index is 1.54. The zero-order valence-corrected chi connectivity index (χ0v) is 16.9. The first-order valence-electron chi connectivity index (χ1n) is 8.57. The van der Waals surface area contributed by atoms with Crippen molar-refractivity contribution in [1.29, 1.82) is 0 Å². The molecule has 0 bridgehead atoms.